The molecule has 0 fully saturated rings. The van der Waals surface area contributed by atoms with Crippen LogP contribution in [-0.2, 0) is 33.4 Å². The first-order valence-electron chi connectivity index (χ1n) is 11.6. The van der Waals surface area contributed by atoms with E-state index in [0.717, 1.165) is 5.75 Å². The van der Waals surface area contributed by atoms with Gasteiger partial charge in [0.2, 0.25) is 0 Å². The lowest BCUT2D eigenvalue weighted by Crippen LogP contribution is -2.37. The number of carbonyl (C=O) groups excluding carboxylic acids is 4. The van der Waals surface area contributed by atoms with Gasteiger partial charge in [0, 0.05) is 26.3 Å². The van der Waals surface area contributed by atoms with Gasteiger partial charge in [-0.05, 0) is 49.6 Å². The normalized spacial score (nSPS) is 19.8. The molecule has 0 bridgehead atoms. The summed E-state index contributed by atoms with van der Waals surface area (Å²) in [6, 6.07) is 9.39. The van der Waals surface area contributed by atoms with Crippen molar-refractivity contribution in [3.8, 4) is 5.75 Å². The molecule has 9 heteroatoms. The summed E-state index contributed by atoms with van der Waals surface area (Å²) in [6.07, 6.45) is 6.43. The molecule has 194 valence electrons. The van der Waals surface area contributed by atoms with Crippen LogP contribution in [0.25, 0.3) is 0 Å². The minimum Gasteiger partial charge on any atom is -0.494 e. The average Bonchev–Trinajstić information content (AvgIpc) is 3.09. The minimum atomic E-state index is -1.45. The maximum Gasteiger partial charge on any atom is 0.303 e. The van der Waals surface area contributed by atoms with Gasteiger partial charge in [-0.1, -0.05) is 30.4 Å². The van der Waals surface area contributed by atoms with Gasteiger partial charge in [0.1, 0.15) is 18.0 Å². The number of esters is 3. The molecule has 1 aromatic rings. The van der Waals surface area contributed by atoms with Crippen LogP contribution in [0.5, 0.6) is 5.75 Å². The first-order chi connectivity index (χ1) is 17.1. The number of ether oxygens (including phenoxy) is 4. The Morgan fingerprint density at radius 1 is 1.00 bits per heavy atom. The first-order valence-corrected chi connectivity index (χ1v) is 11.6. The highest BCUT2D eigenvalue weighted by Crippen LogP contribution is 2.31. The molecule has 3 unspecified atom stereocenters. The Balaban J connectivity index is 2.05. The zero-order valence-electron chi connectivity index (χ0n) is 20.7. The van der Waals surface area contributed by atoms with Crippen molar-refractivity contribution in [2.75, 3.05) is 13.2 Å². The standard InChI is InChI=1S/C27H32O9/c1-19(28)34-18-26(36-21(3)30)25(35-20(2)29)13-9-12-23-24(31)14-16-27(23,32)15-7-8-17-33-22-10-5-4-6-11-22/h4-6,9-14,16,25-26,32H,7-8,15,17-18H2,1-3H3. The van der Waals surface area contributed by atoms with Gasteiger partial charge in [-0.15, -0.1) is 0 Å². The summed E-state index contributed by atoms with van der Waals surface area (Å²) in [5.74, 6) is -1.48. The number of aliphatic hydroxyl groups is 1. The molecule has 9 nitrogen and oxygen atoms in total. The topological polar surface area (TPSA) is 125 Å². The van der Waals surface area contributed by atoms with Gasteiger partial charge < -0.3 is 24.1 Å². The molecule has 2 rings (SSSR count). The second-order valence-electron chi connectivity index (χ2n) is 8.23. The van der Waals surface area contributed by atoms with Crippen LogP contribution in [0.1, 0.15) is 40.0 Å². The lowest BCUT2D eigenvalue weighted by molar-refractivity contribution is -0.169. The van der Waals surface area contributed by atoms with E-state index in [0.29, 0.717) is 25.9 Å². The maximum absolute atomic E-state index is 12.4. The van der Waals surface area contributed by atoms with Gasteiger partial charge in [-0.2, -0.15) is 0 Å². The van der Waals surface area contributed by atoms with Gasteiger partial charge in [0.15, 0.2) is 18.0 Å². The van der Waals surface area contributed by atoms with Gasteiger partial charge in [-0.25, -0.2) is 0 Å². The predicted octanol–water partition coefficient (Wildman–Crippen LogP) is 3.01. The fourth-order valence-electron chi connectivity index (χ4n) is 3.55. The van der Waals surface area contributed by atoms with Crippen LogP contribution < -0.4 is 4.74 Å². The SMILES string of the molecule is CC(=O)OCC(OC(C)=O)C(C=CC=C1C(=O)C=CC1(O)CCCCOc1ccccc1)OC(C)=O. The summed E-state index contributed by atoms with van der Waals surface area (Å²) in [4.78, 5) is 46.7. The second kappa shape index (κ2) is 14.0. The number of ketones is 1. The molecule has 36 heavy (non-hydrogen) atoms. The first kappa shape index (κ1) is 28.5. The van der Waals surface area contributed by atoms with Crippen LogP contribution in [0.15, 0.2) is 66.3 Å². The van der Waals surface area contributed by atoms with Crippen molar-refractivity contribution in [2.24, 2.45) is 0 Å². The third-order valence-corrected chi connectivity index (χ3v) is 5.21. The molecular formula is C27H32O9. The Morgan fingerprint density at radius 3 is 2.33 bits per heavy atom. The van der Waals surface area contributed by atoms with Crippen LogP contribution in [-0.4, -0.2) is 59.8 Å². The van der Waals surface area contributed by atoms with Crippen LogP contribution >= 0.6 is 0 Å². The van der Waals surface area contributed by atoms with E-state index in [1.807, 2.05) is 30.3 Å². The van der Waals surface area contributed by atoms with Crippen LogP contribution in [0.4, 0.5) is 0 Å². The van der Waals surface area contributed by atoms with Crippen LogP contribution in [0.3, 0.4) is 0 Å². The molecule has 0 saturated carbocycles. The van der Waals surface area contributed by atoms with Crippen molar-refractivity contribution in [1.82, 2.24) is 0 Å². The quantitative estimate of drug-likeness (QED) is 0.188. The van der Waals surface area contributed by atoms with Crippen molar-refractivity contribution in [1.29, 1.82) is 0 Å². The fourth-order valence-corrected chi connectivity index (χ4v) is 3.55. The number of benzene rings is 1. The van der Waals surface area contributed by atoms with E-state index in [4.69, 9.17) is 18.9 Å². The number of unbranched alkanes of at least 4 members (excludes halogenated alkanes) is 1. The average molecular weight is 501 g/mol. The lowest BCUT2D eigenvalue weighted by atomic mass is 9.90. The second-order valence-corrected chi connectivity index (χ2v) is 8.23. The summed E-state index contributed by atoms with van der Waals surface area (Å²) in [5.41, 5.74) is -1.29. The van der Waals surface area contributed by atoms with Crippen LogP contribution in [0, 0.1) is 0 Å². The minimum absolute atomic E-state index is 0.160. The Labute approximate surface area is 210 Å². The smallest absolute Gasteiger partial charge is 0.303 e. The Morgan fingerprint density at radius 2 is 1.69 bits per heavy atom. The number of rotatable bonds is 13. The number of hydrogen-bond donors (Lipinski definition) is 1. The molecule has 0 aromatic heterocycles. The molecule has 0 aliphatic heterocycles. The number of para-hydroxylation sites is 1. The highest BCUT2D eigenvalue weighted by Gasteiger charge is 2.36. The molecule has 0 spiro atoms. The van der Waals surface area contributed by atoms with Crippen molar-refractivity contribution < 1.29 is 43.2 Å². The molecule has 0 saturated heterocycles. The molecular weight excluding hydrogens is 468 g/mol. The largest absolute Gasteiger partial charge is 0.494 e. The summed E-state index contributed by atoms with van der Waals surface area (Å²) >= 11 is 0. The molecule has 1 aromatic carbocycles. The highest BCUT2D eigenvalue weighted by atomic mass is 16.6. The van der Waals surface area contributed by atoms with E-state index in [2.05, 4.69) is 0 Å². The van der Waals surface area contributed by atoms with Gasteiger partial charge in [0.25, 0.3) is 0 Å². The molecule has 0 radical (unpaired) electrons. The van der Waals surface area contributed by atoms with E-state index in [-0.39, 0.29) is 18.0 Å². The van der Waals surface area contributed by atoms with E-state index in [1.54, 1.807) is 0 Å². The Kier molecular flexibility index (Phi) is 11.1. The van der Waals surface area contributed by atoms with Crippen molar-refractivity contribution in [3.05, 3.63) is 66.3 Å². The zero-order valence-corrected chi connectivity index (χ0v) is 20.7. The summed E-state index contributed by atoms with van der Waals surface area (Å²) in [6.45, 7) is 3.69. The summed E-state index contributed by atoms with van der Waals surface area (Å²) in [5, 5.41) is 11.1. The highest BCUT2D eigenvalue weighted by molar-refractivity contribution is 6.09. The van der Waals surface area contributed by atoms with Crippen LogP contribution in [0.2, 0.25) is 0 Å². The van der Waals surface area contributed by atoms with E-state index in [9.17, 15) is 24.3 Å². The van der Waals surface area contributed by atoms with Crippen molar-refractivity contribution in [2.45, 2.75) is 57.8 Å². The Bertz CT molecular complexity index is 1010. The van der Waals surface area contributed by atoms with Crippen molar-refractivity contribution >= 4 is 23.7 Å². The van der Waals surface area contributed by atoms with Gasteiger partial charge in [0.05, 0.1) is 6.61 Å². The van der Waals surface area contributed by atoms with E-state index < -0.39 is 35.7 Å². The third-order valence-electron chi connectivity index (χ3n) is 5.21. The molecule has 0 heterocycles. The van der Waals surface area contributed by atoms with E-state index >= 15 is 0 Å². The molecule has 1 N–H and O–H groups in total. The maximum atomic E-state index is 12.4. The molecule has 1 aliphatic rings. The zero-order chi connectivity index (χ0) is 26.6. The summed E-state index contributed by atoms with van der Waals surface area (Å²) < 4.78 is 20.9. The van der Waals surface area contributed by atoms with Crippen molar-refractivity contribution in [3.63, 3.8) is 0 Å². The summed E-state index contributed by atoms with van der Waals surface area (Å²) in [7, 11) is 0. The fraction of sp³-hybridized carbons (Fsp3) is 0.407. The predicted molar refractivity (Wildman–Crippen MR) is 130 cm³/mol. The molecule has 3 atom stereocenters. The number of allylic oxidation sites excluding steroid dienone is 3. The van der Waals surface area contributed by atoms with E-state index in [1.165, 1.54) is 51.2 Å². The monoisotopic (exact) mass is 500 g/mol. The molecule has 0 amide bonds. The van der Waals surface area contributed by atoms with Gasteiger partial charge >= 0.3 is 17.9 Å². The van der Waals surface area contributed by atoms with Gasteiger partial charge in [-0.3, -0.25) is 19.2 Å². The number of hydrogen-bond acceptors (Lipinski definition) is 9. The lowest BCUT2D eigenvalue weighted by Gasteiger charge is -2.24. The Hall–Kier alpha value is -3.72. The third kappa shape index (κ3) is 9.50. The molecule has 1 aliphatic carbocycles. The number of carbonyl (C=O) groups is 4.